The van der Waals surface area contributed by atoms with E-state index < -0.39 is 10.0 Å². The standard InChI is InChI=1S/C24H26N2O5S/c1-18-15-19-7-3-4-11-23(19)26(18)32(28,29)22-10-5-8-20(16-22)24(27)25(12-14-30-2)17-21-9-6-13-31-21/h3-11,13,16,18H,12,14-15,17H2,1-2H3. The van der Waals surface area contributed by atoms with Gasteiger partial charge in [-0.25, -0.2) is 8.42 Å². The Bertz CT molecular complexity index is 1190. The van der Waals surface area contributed by atoms with Crippen molar-refractivity contribution in [1.82, 2.24) is 4.90 Å². The van der Waals surface area contributed by atoms with Crippen molar-refractivity contribution in [2.24, 2.45) is 0 Å². The molecule has 7 nitrogen and oxygen atoms in total. The van der Waals surface area contributed by atoms with Crippen LogP contribution in [0.25, 0.3) is 0 Å². The van der Waals surface area contributed by atoms with Crippen LogP contribution in [0.4, 0.5) is 5.69 Å². The fraction of sp³-hybridized carbons (Fsp3) is 0.292. The predicted octanol–water partition coefficient (Wildman–Crippen LogP) is 3.71. The summed E-state index contributed by atoms with van der Waals surface area (Å²) in [7, 11) is -2.26. The number of ether oxygens (including phenoxy) is 1. The van der Waals surface area contributed by atoms with E-state index in [9.17, 15) is 13.2 Å². The van der Waals surface area contributed by atoms with Crippen LogP contribution in [0.3, 0.4) is 0 Å². The molecule has 1 atom stereocenters. The second-order valence-electron chi connectivity index (χ2n) is 7.81. The Morgan fingerprint density at radius 2 is 1.97 bits per heavy atom. The molecule has 2 heterocycles. The molecule has 1 aliphatic heterocycles. The molecule has 0 saturated carbocycles. The monoisotopic (exact) mass is 454 g/mol. The van der Waals surface area contributed by atoms with E-state index in [1.807, 2.05) is 31.2 Å². The van der Waals surface area contributed by atoms with Crippen LogP contribution in [-0.4, -0.2) is 45.5 Å². The van der Waals surface area contributed by atoms with Crippen LogP contribution >= 0.6 is 0 Å². The van der Waals surface area contributed by atoms with Crippen molar-refractivity contribution in [2.75, 3.05) is 24.6 Å². The number of nitrogens with zero attached hydrogens (tertiary/aromatic N) is 2. The second-order valence-corrected chi connectivity index (χ2v) is 9.62. The van der Waals surface area contributed by atoms with Crippen molar-refractivity contribution >= 4 is 21.6 Å². The lowest BCUT2D eigenvalue weighted by molar-refractivity contribution is 0.0666. The highest BCUT2D eigenvalue weighted by molar-refractivity contribution is 7.92. The molecular formula is C24H26N2O5S. The van der Waals surface area contributed by atoms with Gasteiger partial charge in [-0.05, 0) is 55.3 Å². The van der Waals surface area contributed by atoms with Crippen molar-refractivity contribution in [3.63, 3.8) is 0 Å². The fourth-order valence-corrected chi connectivity index (χ4v) is 5.77. The molecule has 0 spiro atoms. The normalized spacial score (nSPS) is 15.6. The molecule has 1 unspecified atom stereocenters. The first-order chi connectivity index (χ1) is 15.4. The minimum Gasteiger partial charge on any atom is -0.467 e. The highest BCUT2D eigenvalue weighted by atomic mass is 32.2. The third-order valence-corrected chi connectivity index (χ3v) is 7.49. The maximum Gasteiger partial charge on any atom is 0.264 e. The first-order valence-electron chi connectivity index (χ1n) is 10.4. The summed E-state index contributed by atoms with van der Waals surface area (Å²) in [6.07, 6.45) is 2.21. The average Bonchev–Trinajstić information content (AvgIpc) is 3.42. The maximum atomic E-state index is 13.5. The summed E-state index contributed by atoms with van der Waals surface area (Å²) in [6.45, 7) is 2.86. The zero-order chi connectivity index (χ0) is 22.7. The minimum absolute atomic E-state index is 0.0941. The van der Waals surface area contributed by atoms with Crippen molar-refractivity contribution in [1.29, 1.82) is 0 Å². The number of amides is 1. The second kappa shape index (κ2) is 9.18. The predicted molar refractivity (Wildman–Crippen MR) is 121 cm³/mol. The number of sulfonamides is 1. The van der Waals surface area contributed by atoms with Crippen molar-refractivity contribution < 1.29 is 22.4 Å². The summed E-state index contributed by atoms with van der Waals surface area (Å²) in [5, 5.41) is 0. The zero-order valence-corrected chi connectivity index (χ0v) is 18.9. The van der Waals surface area contributed by atoms with E-state index in [2.05, 4.69) is 0 Å². The highest BCUT2D eigenvalue weighted by Gasteiger charge is 2.36. The summed E-state index contributed by atoms with van der Waals surface area (Å²) < 4.78 is 39.1. The molecule has 1 aliphatic rings. The molecule has 168 valence electrons. The fourth-order valence-electron chi connectivity index (χ4n) is 4.03. The van der Waals surface area contributed by atoms with Gasteiger partial charge in [-0.3, -0.25) is 9.10 Å². The SMILES string of the molecule is COCCN(Cc1ccco1)C(=O)c1cccc(S(=O)(=O)N2c3ccccc3CC2C)c1. The first kappa shape index (κ1) is 22.1. The number of hydrogen-bond donors (Lipinski definition) is 0. The van der Waals surface area contributed by atoms with E-state index in [0.717, 1.165) is 5.56 Å². The van der Waals surface area contributed by atoms with E-state index in [-0.39, 0.29) is 23.4 Å². The lowest BCUT2D eigenvalue weighted by Crippen LogP contribution is -2.36. The summed E-state index contributed by atoms with van der Waals surface area (Å²) in [6, 6.07) is 17.1. The minimum atomic E-state index is -3.83. The molecule has 0 radical (unpaired) electrons. The lowest BCUT2D eigenvalue weighted by atomic mass is 10.1. The quantitative estimate of drug-likeness (QED) is 0.518. The van der Waals surface area contributed by atoms with Gasteiger partial charge in [0.05, 0.1) is 30.0 Å². The Labute approximate surface area is 188 Å². The summed E-state index contributed by atoms with van der Waals surface area (Å²) in [5.74, 6) is 0.353. The Balaban J connectivity index is 1.64. The molecule has 1 amide bonds. The molecule has 32 heavy (non-hydrogen) atoms. The Morgan fingerprint density at radius 3 is 2.72 bits per heavy atom. The lowest BCUT2D eigenvalue weighted by Gasteiger charge is -2.25. The highest BCUT2D eigenvalue weighted by Crippen LogP contribution is 2.36. The Kier molecular flexibility index (Phi) is 6.34. The van der Waals surface area contributed by atoms with Gasteiger partial charge in [0.2, 0.25) is 0 Å². The number of furan rings is 1. The van der Waals surface area contributed by atoms with Crippen LogP contribution in [0.2, 0.25) is 0 Å². The summed E-state index contributed by atoms with van der Waals surface area (Å²) in [5.41, 5.74) is 1.99. The molecular weight excluding hydrogens is 428 g/mol. The number of carbonyl (C=O) groups is 1. The van der Waals surface area contributed by atoms with Gasteiger partial charge in [-0.1, -0.05) is 24.3 Å². The average molecular weight is 455 g/mol. The van der Waals surface area contributed by atoms with E-state index in [0.29, 0.717) is 36.6 Å². The number of anilines is 1. The van der Waals surface area contributed by atoms with E-state index in [1.165, 1.54) is 16.4 Å². The van der Waals surface area contributed by atoms with Gasteiger partial charge < -0.3 is 14.1 Å². The molecule has 4 rings (SSSR count). The van der Waals surface area contributed by atoms with Gasteiger partial charge in [0.1, 0.15) is 5.76 Å². The largest absolute Gasteiger partial charge is 0.467 e. The number of fused-ring (bicyclic) bond motifs is 1. The van der Waals surface area contributed by atoms with Crippen LogP contribution in [-0.2, 0) is 27.7 Å². The van der Waals surface area contributed by atoms with Crippen molar-refractivity contribution in [3.05, 3.63) is 83.8 Å². The van der Waals surface area contributed by atoms with Gasteiger partial charge in [0.25, 0.3) is 15.9 Å². The zero-order valence-electron chi connectivity index (χ0n) is 18.1. The molecule has 0 bridgehead atoms. The molecule has 8 heteroatoms. The smallest absolute Gasteiger partial charge is 0.264 e. The number of benzene rings is 2. The van der Waals surface area contributed by atoms with E-state index >= 15 is 0 Å². The van der Waals surface area contributed by atoms with Crippen LogP contribution in [0.5, 0.6) is 0 Å². The van der Waals surface area contributed by atoms with Gasteiger partial charge in [-0.15, -0.1) is 0 Å². The molecule has 3 aromatic rings. The van der Waals surface area contributed by atoms with Gasteiger partial charge >= 0.3 is 0 Å². The van der Waals surface area contributed by atoms with Crippen LogP contribution in [0.1, 0.15) is 28.6 Å². The summed E-state index contributed by atoms with van der Waals surface area (Å²) in [4.78, 5) is 14.9. The van der Waals surface area contributed by atoms with Gasteiger partial charge in [0.15, 0.2) is 0 Å². The summed E-state index contributed by atoms with van der Waals surface area (Å²) >= 11 is 0. The third kappa shape index (κ3) is 4.28. The van der Waals surface area contributed by atoms with Crippen molar-refractivity contribution in [2.45, 2.75) is 30.8 Å². The number of carbonyl (C=O) groups excluding carboxylic acids is 1. The molecule has 0 saturated heterocycles. The van der Waals surface area contributed by atoms with Crippen molar-refractivity contribution in [3.8, 4) is 0 Å². The third-order valence-electron chi connectivity index (χ3n) is 5.56. The molecule has 0 N–H and O–H groups in total. The van der Waals surface area contributed by atoms with Gasteiger partial charge in [0, 0.05) is 25.3 Å². The number of rotatable bonds is 8. The Morgan fingerprint density at radius 1 is 1.16 bits per heavy atom. The number of hydrogen-bond acceptors (Lipinski definition) is 5. The van der Waals surface area contributed by atoms with E-state index in [1.54, 1.807) is 42.5 Å². The van der Waals surface area contributed by atoms with Crippen LogP contribution in [0.15, 0.2) is 76.2 Å². The maximum absolute atomic E-state index is 13.5. The Hall–Kier alpha value is -3.10. The van der Waals surface area contributed by atoms with Gasteiger partial charge in [-0.2, -0.15) is 0 Å². The molecule has 0 fully saturated rings. The molecule has 0 aliphatic carbocycles. The molecule has 1 aromatic heterocycles. The number of para-hydroxylation sites is 1. The number of methoxy groups -OCH3 is 1. The van der Waals surface area contributed by atoms with E-state index in [4.69, 9.17) is 9.15 Å². The van der Waals surface area contributed by atoms with Crippen LogP contribution in [0, 0.1) is 0 Å². The first-order valence-corrected chi connectivity index (χ1v) is 11.9. The molecule has 2 aromatic carbocycles. The van der Waals surface area contributed by atoms with Crippen LogP contribution < -0.4 is 4.31 Å². The topological polar surface area (TPSA) is 80.1 Å².